The lowest BCUT2D eigenvalue weighted by Crippen LogP contribution is -2.41. The Labute approximate surface area is 195 Å². The van der Waals surface area contributed by atoms with E-state index >= 15 is 0 Å². The van der Waals surface area contributed by atoms with E-state index in [0.717, 1.165) is 19.3 Å². The molecule has 0 bridgehead atoms. The molecule has 0 spiro atoms. The van der Waals surface area contributed by atoms with Gasteiger partial charge in [0, 0.05) is 29.9 Å². The van der Waals surface area contributed by atoms with Gasteiger partial charge in [0.1, 0.15) is 5.75 Å². The fraction of sp³-hybridized carbons (Fsp3) is 0.409. The highest BCUT2D eigenvalue weighted by molar-refractivity contribution is 7.92. The summed E-state index contributed by atoms with van der Waals surface area (Å²) in [6.45, 7) is 3.93. The van der Waals surface area contributed by atoms with Gasteiger partial charge in [-0.15, -0.1) is 0 Å². The van der Waals surface area contributed by atoms with Crippen molar-refractivity contribution in [3.05, 3.63) is 48.0 Å². The van der Waals surface area contributed by atoms with Crippen molar-refractivity contribution >= 4 is 37.3 Å². The lowest BCUT2D eigenvalue weighted by atomic mass is 10.1. The van der Waals surface area contributed by atoms with Gasteiger partial charge in [-0.1, -0.05) is 6.42 Å². The van der Waals surface area contributed by atoms with Crippen LogP contribution in [0.2, 0.25) is 0 Å². The second-order valence-corrected chi connectivity index (χ2v) is 11.8. The van der Waals surface area contributed by atoms with Gasteiger partial charge in [-0.05, 0) is 63.1 Å². The maximum Gasteiger partial charge on any atom is 0.255 e. The van der Waals surface area contributed by atoms with E-state index in [9.17, 15) is 21.6 Å². The molecule has 1 aliphatic heterocycles. The fourth-order valence-electron chi connectivity index (χ4n) is 3.64. The van der Waals surface area contributed by atoms with E-state index < -0.39 is 26.0 Å². The molecule has 0 saturated carbocycles. The first-order chi connectivity index (χ1) is 15.6. The number of carbonyl (C=O) groups is 1. The van der Waals surface area contributed by atoms with E-state index in [1.54, 1.807) is 6.07 Å². The average molecular weight is 496 g/mol. The number of carbonyl (C=O) groups excluding carboxylic acids is 1. The van der Waals surface area contributed by atoms with Crippen LogP contribution in [0.5, 0.6) is 5.75 Å². The Morgan fingerprint density at radius 3 is 2.39 bits per heavy atom. The zero-order valence-corrected chi connectivity index (χ0v) is 20.5. The van der Waals surface area contributed by atoms with Crippen LogP contribution in [0.15, 0.2) is 47.4 Å². The Bertz CT molecular complexity index is 1210. The SMILES string of the molecule is CCS(=O)(=O)Nc1ccc(NC(=O)c2ccc(S(=O)(=O)N3CCCCC3C)cc2)cc1OC. The zero-order valence-electron chi connectivity index (χ0n) is 18.9. The molecule has 1 aliphatic rings. The van der Waals surface area contributed by atoms with E-state index in [-0.39, 0.29) is 33.7 Å². The third kappa shape index (κ3) is 5.84. The Balaban J connectivity index is 1.74. The van der Waals surface area contributed by atoms with E-state index in [4.69, 9.17) is 4.74 Å². The Morgan fingerprint density at radius 2 is 1.79 bits per heavy atom. The summed E-state index contributed by atoms with van der Waals surface area (Å²) in [6.07, 6.45) is 2.69. The first-order valence-corrected chi connectivity index (χ1v) is 13.8. The third-order valence-electron chi connectivity index (χ3n) is 5.57. The monoisotopic (exact) mass is 495 g/mol. The summed E-state index contributed by atoms with van der Waals surface area (Å²) in [5.41, 5.74) is 0.948. The largest absolute Gasteiger partial charge is 0.494 e. The molecule has 1 fully saturated rings. The van der Waals surface area contributed by atoms with Gasteiger partial charge in [-0.25, -0.2) is 16.8 Å². The number of nitrogens with one attached hydrogen (secondary N) is 2. The number of methoxy groups -OCH3 is 1. The summed E-state index contributed by atoms with van der Waals surface area (Å²) in [5, 5.41) is 2.71. The molecule has 33 heavy (non-hydrogen) atoms. The maximum atomic E-state index is 13.0. The molecule has 3 rings (SSSR count). The molecule has 1 unspecified atom stereocenters. The van der Waals surface area contributed by atoms with Crippen LogP contribution in [-0.4, -0.2) is 52.5 Å². The number of benzene rings is 2. The Hall–Kier alpha value is -2.63. The van der Waals surface area contributed by atoms with Crippen LogP contribution in [0.3, 0.4) is 0 Å². The van der Waals surface area contributed by atoms with Gasteiger partial charge in [0.15, 0.2) is 0 Å². The maximum absolute atomic E-state index is 13.0. The van der Waals surface area contributed by atoms with Gasteiger partial charge in [0.25, 0.3) is 5.91 Å². The van der Waals surface area contributed by atoms with E-state index in [0.29, 0.717) is 12.2 Å². The van der Waals surface area contributed by atoms with Gasteiger partial charge in [0.05, 0.1) is 23.4 Å². The second kappa shape index (κ2) is 10.1. The van der Waals surface area contributed by atoms with Gasteiger partial charge < -0.3 is 10.1 Å². The van der Waals surface area contributed by atoms with Crippen molar-refractivity contribution in [1.29, 1.82) is 0 Å². The van der Waals surface area contributed by atoms with Crippen molar-refractivity contribution in [3.63, 3.8) is 0 Å². The molecule has 2 aromatic carbocycles. The summed E-state index contributed by atoms with van der Waals surface area (Å²) in [7, 11) is -5.70. The quantitative estimate of drug-likeness (QED) is 0.580. The predicted molar refractivity (Wildman–Crippen MR) is 128 cm³/mol. The Kier molecular flexibility index (Phi) is 7.65. The molecule has 11 heteroatoms. The van der Waals surface area contributed by atoms with Crippen LogP contribution in [0.4, 0.5) is 11.4 Å². The minimum absolute atomic E-state index is 0.0496. The molecule has 2 N–H and O–H groups in total. The summed E-state index contributed by atoms with van der Waals surface area (Å²) < 4.78 is 58.7. The lowest BCUT2D eigenvalue weighted by Gasteiger charge is -2.32. The number of rotatable bonds is 8. The van der Waals surface area contributed by atoms with Crippen molar-refractivity contribution in [2.24, 2.45) is 0 Å². The molecule has 0 aliphatic carbocycles. The zero-order chi connectivity index (χ0) is 24.2. The molecular weight excluding hydrogens is 466 g/mol. The standard InChI is InChI=1S/C22H29N3O6S2/c1-4-32(27,28)24-20-13-10-18(15-21(20)31-3)23-22(26)17-8-11-19(12-9-17)33(29,30)25-14-6-5-7-16(25)2/h8-13,15-16,24H,4-7,14H2,1-3H3,(H,23,26). The smallest absolute Gasteiger partial charge is 0.255 e. The fourth-order valence-corrected chi connectivity index (χ4v) is 5.99. The molecular formula is C22H29N3O6S2. The molecule has 1 amide bonds. The summed E-state index contributed by atoms with van der Waals surface area (Å²) >= 11 is 0. The first-order valence-electron chi connectivity index (χ1n) is 10.7. The van der Waals surface area contributed by atoms with Gasteiger partial charge in [-0.2, -0.15) is 4.31 Å². The molecule has 1 atom stereocenters. The number of hydrogen-bond donors (Lipinski definition) is 2. The molecule has 180 valence electrons. The topological polar surface area (TPSA) is 122 Å². The molecule has 1 saturated heterocycles. The molecule has 2 aromatic rings. The van der Waals surface area contributed by atoms with Crippen LogP contribution >= 0.6 is 0 Å². The van der Waals surface area contributed by atoms with Crippen LogP contribution in [-0.2, 0) is 20.0 Å². The van der Waals surface area contributed by atoms with Crippen molar-refractivity contribution in [2.45, 2.75) is 44.0 Å². The number of hydrogen-bond acceptors (Lipinski definition) is 6. The highest BCUT2D eigenvalue weighted by Crippen LogP contribution is 2.29. The second-order valence-electron chi connectivity index (χ2n) is 7.86. The van der Waals surface area contributed by atoms with Crippen molar-refractivity contribution in [1.82, 2.24) is 4.31 Å². The number of nitrogens with zero attached hydrogens (tertiary/aromatic N) is 1. The molecule has 1 heterocycles. The van der Waals surface area contributed by atoms with Crippen LogP contribution in [0, 0.1) is 0 Å². The average Bonchev–Trinajstić information content (AvgIpc) is 2.80. The highest BCUT2D eigenvalue weighted by Gasteiger charge is 2.30. The Morgan fingerprint density at radius 1 is 1.09 bits per heavy atom. The summed E-state index contributed by atoms with van der Waals surface area (Å²) in [5.74, 6) is -0.270. The minimum Gasteiger partial charge on any atom is -0.494 e. The van der Waals surface area contributed by atoms with Crippen molar-refractivity contribution < 1.29 is 26.4 Å². The molecule has 0 aromatic heterocycles. The van der Waals surface area contributed by atoms with E-state index in [2.05, 4.69) is 10.0 Å². The molecule has 9 nitrogen and oxygen atoms in total. The number of ether oxygens (including phenoxy) is 1. The first kappa shape index (κ1) is 25.0. The van der Waals surface area contributed by atoms with Gasteiger partial charge in [-0.3, -0.25) is 9.52 Å². The predicted octanol–water partition coefficient (Wildman–Crippen LogP) is 3.27. The van der Waals surface area contributed by atoms with Crippen LogP contribution < -0.4 is 14.8 Å². The van der Waals surface area contributed by atoms with Gasteiger partial charge in [0.2, 0.25) is 20.0 Å². The summed E-state index contributed by atoms with van der Waals surface area (Å²) in [6, 6.07) is 10.3. The number of sulfonamides is 2. The van der Waals surface area contributed by atoms with Crippen LogP contribution in [0.25, 0.3) is 0 Å². The number of amides is 1. The molecule has 0 radical (unpaired) electrons. The van der Waals surface area contributed by atoms with Crippen LogP contribution in [0.1, 0.15) is 43.5 Å². The lowest BCUT2D eigenvalue weighted by molar-refractivity contribution is 0.102. The summed E-state index contributed by atoms with van der Waals surface area (Å²) in [4.78, 5) is 12.8. The third-order valence-corrected chi connectivity index (χ3v) is 8.89. The number of anilines is 2. The van der Waals surface area contributed by atoms with Crippen molar-refractivity contribution in [3.8, 4) is 5.75 Å². The van der Waals surface area contributed by atoms with Gasteiger partial charge >= 0.3 is 0 Å². The van der Waals surface area contributed by atoms with Crippen molar-refractivity contribution in [2.75, 3.05) is 29.4 Å². The van der Waals surface area contributed by atoms with E-state index in [1.165, 1.54) is 54.7 Å². The normalized spacial score (nSPS) is 17.4. The minimum atomic E-state index is -3.61. The highest BCUT2D eigenvalue weighted by atomic mass is 32.2. The number of piperidine rings is 1. The van der Waals surface area contributed by atoms with E-state index in [1.807, 2.05) is 6.92 Å².